The molecule has 49 heavy (non-hydrogen) atoms. The normalized spacial score (nSPS) is 13.5. The molecule has 0 unspecified atom stereocenters. The second-order valence-electron chi connectivity index (χ2n) is 13.5. The third-order valence-electron chi connectivity index (χ3n) is 11.1. The number of para-hydroxylation sites is 2. The molecular weight excluding hydrogens is 597 g/mol. The van der Waals surface area contributed by atoms with Crippen molar-refractivity contribution in [1.29, 1.82) is 0 Å². The zero-order valence-electron chi connectivity index (χ0n) is 26.6. The summed E-state index contributed by atoms with van der Waals surface area (Å²) in [4.78, 5) is 0. The minimum absolute atomic E-state index is 0.910. The molecule has 0 amide bonds. The summed E-state index contributed by atoms with van der Waals surface area (Å²) in [6, 6.07) is 49.0. The average molecular weight is 625 g/mol. The molecule has 3 aromatic heterocycles. The molecule has 0 spiro atoms. The molecule has 12 rings (SSSR count). The highest BCUT2D eigenvalue weighted by atomic mass is 16.3. The summed E-state index contributed by atoms with van der Waals surface area (Å²) < 4.78 is 11.6. The lowest BCUT2D eigenvalue weighted by atomic mass is 9.99. The van der Waals surface area contributed by atoms with E-state index in [1.807, 2.05) is 0 Å². The van der Waals surface area contributed by atoms with E-state index in [2.05, 4.69) is 155 Å². The number of aryl methyl sites for hydroxylation is 1. The standard InChI is InChI=1S/C46H28N2O/c1-2-12-28(13-3-1)47-38-19-8-6-16-32(38)34-21-23-39-43(45(34)47)36-22-24-41-44(35-17-7-9-20-40(35)49-41)46(36)48(39)29-25-27-11-10-18-33-30-14-4-5-15-31(30)37(26-29)42(27)33/h1-5,7-15,17-26H,6,16H2. The molecule has 0 atom stereocenters. The van der Waals surface area contributed by atoms with E-state index in [9.17, 15) is 0 Å². The SMILES string of the molecule is C1=Cc2c(c3ccc4c(c5ccc6oc7ccccc7c6c5n4-c4cc5c6c(cccc6c4)-c4ccccc4-5)c3n2-c2ccccc2)CC1. The summed E-state index contributed by atoms with van der Waals surface area (Å²) >= 11 is 0. The van der Waals surface area contributed by atoms with Crippen LogP contribution in [0.1, 0.15) is 17.7 Å². The van der Waals surface area contributed by atoms with Gasteiger partial charge in [-0.1, -0.05) is 91.0 Å². The van der Waals surface area contributed by atoms with E-state index in [0.717, 1.165) is 40.5 Å². The molecule has 3 heterocycles. The number of hydrogen-bond donors (Lipinski definition) is 0. The first-order chi connectivity index (χ1) is 24.3. The first-order valence-electron chi connectivity index (χ1n) is 17.2. The van der Waals surface area contributed by atoms with E-state index in [4.69, 9.17) is 4.42 Å². The fourth-order valence-corrected chi connectivity index (χ4v) is 9.16. The number of furan rings is 1. The average Bonchev–Trinajstić information content (AvgIpc) is 3.89. The zero-order valence-corrected chi connectivity index (χ0v) is 26.6. The Labute approximate surface area is 281 Å². The highest BCUT2D eigenvalue weighted by molar-refractivity contribution is 6.29. The maximum Gasteiger partial charge on any atom is 0.137 e. The molecule has 2 aliphatic rings. The molecule has 0 radical (unpaired) electrons. The smallest absolute Gasteiger partial charge is 0.137 e. The lowest BCUT2D eigenvalue weighted by Gasteiger charge is -2.13. The number of aromatic nitrogens is 2. The molecule has 10 aromatic rings. The van der Waals surface area contributed by atoms with Crippen LogP contribution in [0, 0.1) is 0 Å². The van der Waals surface area contributed by atoms with Crippen LogP contribution in [-0.4, -0.2) is 9.13 Å². The Morgan fingerprint density at radius 1 is 0.490 bits per heavy atom. The molecule has 7 aromatic carbocycles. The van der Waals surface area contributed by atoms with Crippen molar-refractivity contribution in [2.75, 3.05) is 0 Å². The predicted octanol–water partition coefficient (Wildman–Crippen LogP) is 12.4. The topological polar surface area (TPSA) is 23.0 Å². The van der Waals surface area contributed by atoms with Gasteiger partial charge >= 0.3 is 0 Å². The number of allylic oxidation sites excluding steroid dienone is 1. The molecule has 0 N–H and O–H groups in total. The Balaban J connectivity index is 1.32. The highest BCUT2D eigenvalue weighted by Crippen LogP contribution is 2.50. The van der Waals surface area contributed by atoms with Crippen molar-refractivity contribution in [3.63, 3.8) is 0 Å². The Kier molecular flexibility index (Phi) is 4.82. The van der Waals surface area contributed by atoms with Gasteiger partial charge in [0.25, 0.3) is 0 Å². The lowest BCUT2D eigenvalue weighted by molar-refractivity contribution is 0.669. The van der Waals surface area contributed by atoms with E-state index >= 15 is 0 Å². The minimum atomic E-state index is 0.910. The van der Waals surface area contributed by atoms with Crippen LogP contribution < -0.4 is 0 Å². The third-order valence-corrected chi connectivity index (χ3v) is 11.1. The lowest BCUT2D eigenvalue weighted by Crippen LogP contribution is -2.00. The Morgan fingerprint density at radius 2 is 1.27 bits per heavy atom. The van der Waals surface area contributed by atoms with E-state index in [0.29, 0.717) is 0 Å². The van der Waals surface area contributed by atoms with Crippen molar-refractivity contribution in [2.24, 2.45) is 0 Å². The second-order valence-corrected chi connectivity index (χ2v) is 13.5. The fraction of sp³-hybridized carbons (Fsp3) is 0.0435. The summed E-state index contributed by atoms with van der Waals surface area (Å²) in [7, 11) is 0. The summed E-state index contributed by atoms with van der Waals surface area (Å²) in [5, 5.41) is 8.75. The predicted molar refractivity (Wildman–Crippen MR) is 204 cm³/mol. The van der Waals surface area contributed by atoms with Crippen molar-refractivity contribution in [3.8, 4) is 33.6 Å². The van der Waals surface area contributed by atoms with Crippen molar-refractivity contribution in [2.45, 2.75) is 12.8 Å². The molecule has 3 heteroatoms. The first-order valence-corrected chi connectivity index (χ1v) is 17.2. The highest BCUT2D eigenvalue weighted by Gasteiger charge is 2.27. The number of rotatable bonds is 2. The van der Waals surface area contributed by atoms with E-state index in [1.165, 1.54) is 82.7 Å². The Bertz CT molecular complexity index is 3090. The van der Waals surface area contributed by atoms with Gasteiger partial charge in [-0.2, -0.15) is 0 Å². The molecule has 228 valence electrons. The van der Waals surface area contributed by atoms with Crippen molar-refractivity contribution in [1.82, 2.24) is 9.13 Å². The van der Waals surface area contributed by atoms with Crippen LogP contribution in [0.3, 0.4) is 0 Å². The van der Waals surface area contributed by atoms with Crippen LogP contribution >= 0.6 is 0 Å². The third kappa shape index (κ3) is 3.22. The molecule has 2 aliphatic carbocycles. The largest absolute Gasteiger partial charge is 0.456 e. The van der Waals surface area contributed by atoms with Crippen molar-refractivity contribution >= 4 is 71.5 Å². The summed E-state index contributed by atoms with van der Waals surface area (Å²) in [6.07, 6.45) is 6.76. The van der Waals surface area contributed by atoms with Gasteiger partial charge in [0.05, 0.1) is 21.9 Å². The second kappa shape index (κ2) is 9.18. The van der Waals surface area contributed by atoms with Crippen LogP contribution in [0.5, 0.6) is 0 Å². The van der Waals surface area contributed by atoms with Crippen molar-refractivity contribution in [3.05, 3.63) is 151 Å². The monoisotopic (exact) mass is 624 g/mol. The molecule has 0 saturated heterocycles. The fourth-order valence-electron chi connectivity index (χ4n) is 9.16. The van der Waals surface area contributed by atoms with E-state index < -0.39 is 0 Å². The van der Waals surface area contributed by atoms with Crippen LogP contribution in [0.15, 0.2) is 144 Å². The van der Waals surface area contributed by atoms with Crippen LogP contribution in [0.2, 0.25) is 0 Å². The Hall–Kier alpha value is -6.32. The van der Waals surface area contributed by atoms with Gasteiger partial charge in [-0.3, -0.25) is 0 Å². The summed E-state index contributed by atoms with van der Waals surface area (Å²) in [6.45, 7) is 0. The molecule has 0 saturated carbocycles. The number of hydrogen-bond acceptors (Lipinski definition) is 1. The maximum absolute atomic E-state index is 6.54. The van der Waals surface area contributed by atoms with Crippen LogP contribution in [0.25, 0.3) is 105 Å². The van der Waals surface area contributed by atoms with E-state index in [-0.39, 0.29) is 0 Å². The van der Waals surface area contributed by atoms with Gasteiger partial charge < -0.3 is 13.6 Å². The maximum atomic E-state index is 6.54. The van der Waals surface area contributed by atoms with Gasteiger partial charge in [-0.15, -0.1) is 0 Å². The van der Waals surface area contributed by atoms with Crippen molar-refractivity contribution < 1.29 is 4.42 Å². The summed E-state index contributed by atoms with van der Waals surface area (Å²) in [5.41, 5.74) is 15.8. The van der Waals surface area contributed by atoms with Gasteiger partial charge in [-0.25, -0.2) is 0 Å². The Morgan fingerprint density at radius 3 is 2.18 bits per heavy atom. The van der Waals surface area contributed by atoms with Gasteiger partial charge in [0.15, 0.2) is 0 Å². The molecular formula is C46H28N2O. The zero-order chi connectivity index (χ0) is 31.8. The number of nitrogens with zero attached hydrogens (tertiary/aromatic N) is 2. The van der Waals surface area contributed by atoms with Gasteiger partial charge in [-0.05, 0) is 106 Å². The van der Waals surface area contributed by atoms with E-state index in [1.54, 1.807) is 0 Å². The molecule has 0 bridgehead atoms. The van der Waals surface area contributed by atoms with Gasteiger partial charge in [0, 0.05) is 38.6 Å². The molecule has 0 fully saturated rings. The minimum Gasteiger partial charge on any atom is -0.456 e. The quantitative estimate of drug-likeness (QED) is 0.188. The van der Waals surface area contributed by atoms with Gasteiger partial charge in [0.1, 0.15) is 11.2 Å². The van der Waals surface area contributed by atoms with Crippen LogP contribution in [-0.2, 0) is 6.42 Å². The first kappa shape index (κ1) is 25.7. The number of benzene rings is 7. The number of fused-ring (bicyclic) bond motifs is 14. The molecule has 3 nitrogen and oxygen atoms in total. The van der Waals surface area contributed by atoms with Crippen LogP contribution in [0.4, 0.5) is 0 Å². The van der Waals surface area contributed by atoms with Gasteiger partial charge in [0.2, 0.25) is 0 Å². The summed E-state index contributed by atoms with van der Waals surface area (Å²) in [5.74, 6) is 0. The molecule has 0 aliphatic heterocycles.